The molecule has 0 saturated heterocycles. The largest absolute Gasteiger partial charge is 0.489 e. The quantitative estimate of drug-likeness (QED) is 0.0760. The summed E-state index contributed by atoms with van der Waals surface area (Å²) in [6.07, 6.45) is 6.12. The van der Waals surface area contributed by atoms with Crippen molar-refractivity contribution >= 4 is 56.7 Å². The standard InChI is InChI=1S/C36H30Cl2F2N4O8S/c1-20-4-3-5-23(42-20)17-44(53(2,48)49)24-9-10-25-26(13-24)35(47)43(34(25)46)18-33(45)51-31(14-27-28(37)15-41-16-29(27)38)22-8-11-30(52-36(39)40)32(12-22)50-19-21-6-7-21/h3-13,15-16,21,31,36H,14,17-19H2,1-2H3/t31-/m0/s1. The van der Waals surface area contributed by atoms with E-state index in [0.29, 0.717) is 21.9 Å². The lowest BCUT2D eigenvalue weighted by atomic mass is 10.0. The van der Waals surface area contributed by atoms with Crippen molar-refractivity contribution in [3.8, 4) is 11.5 Å². The van der Waals surface area contributed by atoms with Crippen LogP contribution in [0.4, 0.5) is 14.5 Å². The zero-order valence-corrected chi connectivity index (χ0v) is 30.4. The van der Waals surface area contributed by atoms with Gasteiger partial charge < -0.3 is 14.2 Å². The number of halogens is 4. The van der Waals surface area contributed by atoms with Gasteiger partial charge in [-0.1, -0.05) is 47.5 Å². The molecule has 0 unspecified atom stereocenters. The number of carbonyl (C=O) groups is 3. The van der Waals surface area contributed by atoms with Crippen molar-refractivity contribution in [2.24, 2.45) is 5.92 Å². The summed E-state index contributed by atoms with van der Waals surface area (Å²) in [7, 11) is -3.87. The van der Waals surface area contributed by atoms with Crippen LogP contribution in [0.15, 0.2) is 79.1 Å². The summed E-state index contributed by atoms with van der Waals surface area (Å²) in [6.45, 7) is -2.17. The summed E-state index contributed by atoms with van der Waals surface area (Å²) in [5.41, 5.74) is 1.73. The Balaban J connectivity index is 1.25. The molecule has 17 heteroatoms. The predicted molar refractivity (Wildman–Crippen MR) is 190 cm³/mol. The van der Waals surface area contributed by atoms with E-state index in [0.717, 1.165) is 10.6 Å². The van der Waals surface area contributed by atoms with Gasteiger partial charge in [-0.3, -0.25) is 33.6 Å². The van der Waals surface area contributed by atoms with Gasteiger partial charge in [0.25, 0.3) is 11.8 Å². The molecule has 4 aromatic rings. The number of hydrogen-bond acceptors (Lipinski definition) is 10. The maximum absolute atomic E-state index is 13.6. The van der Waals surface area contributed by atoms with E-state index in [-0.39, 0.29) is 69.4 Å². The van der Waals surface area contributed by atoms with E-state index in [1.165, 1.54) is 48.8 Å². The van der Waals surface area contributed by atoms with Crippen LogP contribution in [0.25, 0.3) is 0 Å². The Morgan fingerprint density at radius 3 is 2.36 bits per heavy atom. The number of sulfonamides is 1. The Kier molecular flexibility index (Phi) is 11.0. The third-order valence-corrected chi connectivity index (χ3v) is 10.0. The van der Waals surface area contributed by atoms with Crippen LogP contribution in [-0.2, 0) is 32.5 Å². The fourth-order valence-electron chi connectivity index (χ4n) is 5.59. The van der Waals surface area contributed by atoms with E-state index in [1.807, 2.05) is 12.2 Å². The van der Waals surface area contributed by atoms with Crippen molar-refractivity contribution in [1.29, 1.82) is 0 Å². The number of nitrogens with zero attached hydrogens (tertiary/aromatic N) is 4. The highest BCUT2D eigenvalue weighted by atomic mass is 35.5. The van der Waals surface area contributed by atoms with E-state index < -0.39 is 47.1 Å². The molecule has 1 aliphatic carbocycles. The number of alkyl halides is 2. The second-order valence-corrected chi connectivity index (χ2v) is 14.9. The van der Waals surface area contributed by atoms with Gasteiger partial charge in [0.15, 0.2) is 11.5 Å². The molecule has 1 aliphatic heterocycles. The molecule has 12 nitrogen and oxygen atoms in total. The Morgan fingerprint density at radius 1 is 0.981 bits per heavy atom. The van der Waals surface area contributed by atoms with Gasteiger partial charge in [0.2, 0.25) is 10.0 Å². The minimum atomic E-state index is -3.87. The Labute approximate surface area is 312 Å². The molecule has 2 aromatic heterocycles. The van der Waals surface area contributed by atoms with Crippen molar-refractivity contribution in [2.45, 2.75) is 32.6 Å². The second kappa shape index (κ2) is 15.5. The van der Waals surface area contributed by atoms with E-state index in [1.54, 1.807) is 25.1 Å². The molecule has 6 rings (SSSR count). The minimum Gasteiger partial charge on any atom is -0.489 e. The van der Waals surface area contributed by atoms with Gasteiger partial charge >= 0.3 is 12.6 Å². The first-order valence-electron chi connectivity index (χ1n) is 16.0. The molecule has 276 valence electrons. The highest BCUT2D eigenvalue weighted by Gasteiger charge is 2.38. The molecule has 2 aliphatic rings. The molecular weight excluding hydrogens is 757 g/mol. The maximum atomic E-state index is 13.6. The van der Waals surface area contributed by atoms with Gasteiger partial charge in [-0.25, -0.2) is 8.42 Å². The number of carbonyl (C=O) groups excluding carboxylic acids is 3. The normalized spacial score (nSPS) is 14.4. The number of benzene rings is 2. The molecule has 2 amide bonds. The lowest BCUT2D eigenvalue weighted by molar-refractivity contribution is -0.149. The number of esters is 1. The predicted octanol–water partition coefficient (Wildman–Crippen LogP) is 6.35. The van der Waals surface area contributed by atoms with Crippen LogP contribution in [-0.4, -0.2) is 67.1 Å². The maximum Gasteiger partial charge on any atom is 0.387 e. The van der Waals surface area contributed by atoms with Gasteiger partial charge in [-0.05, 0) is 60.5 Å². The van der Waals surface area contributed by atoms with Gasteiger partial charge in [0.1, 0.15) is 12.6 Å². The number of amides is 2. The summed E-state index contributed by atoms with van der Waals surface area (Å²) in [4.78, 5) is 49.5. The van der Waals surface area contributed by atoms with Crippen molar-refractivity contribution in [1.82, 2.24) is 14.9 Å². The number of aromatic nitrogens is 2. The summed E-state index contributed by atoms with van der Waals surface area (Å²) in [5, 5.41) is 0.315. The lowest BCUT2D eigenvalue weighted by Crippen LogP contribution is -2.36. The average Bonchev–Trinajstić information content (AvgIpc) is 3.90. The fourth-order valence-corrected chi connectivity index (χ4v) is 6.97. The zero-order chi connectivity index (χ0) is 38.0. The monoisotopic (exact) mass is 786 g/mol. The molecule has 0 fully saturated rings. The number of imide groups is 1. The van der Waals surface area contributed by atoms with E-state index >= 15 is 0 Å². The van der Waals surface area contributed by atoms with Crippen LogP contribution in [0.5, 0.6) is 11.5 Å². The van der Waals surface area contributed by atoms with Crippen molar-refractivity contribution in [3.05, 3.63) is 123 Å². The summed E-state index contributed by atoms with van der Waals surface area (Å²) < 4.78 is 69.3. The van der Waals surface area contributed by atoms with Crippen LogP contribution >= 0.6 is 23.2 Å². The summed E-state index contributed by atoms with van der Waals surface area (Å²) >= 11 is 12.8. The van der Waals surface area contributed by atoms with Crippen LogP contribution in [0.3, 0.4) is 0 Å². The lowest BCUT2D eigenvalue weighted by Gasteiger charge is -2.23. The van der Waals surface area contributed by atoms with Crippen LogP contribution in [0, 0.1) is 12.8 Å². The number of rotatable bonds is 15. The molecule has 0 radical (unpaired) electrons. The molecule has 3 heterocycles. The Morgan fingerprint density at radius 2 is 1.70 bits per heavy atom. The highest BCUT2D eigenvalue weighted by Crippen LogP contribution is 2.37. The molecule has 53 heavy (non-hydrogen) atoms. The molecule has 1 atom stereocenters. The van der Waals surface area contributed by atoms with Crippen LogP contribution < -0.4 is 13.8 Å². The molecule has 0 spiro atoms. The number of anilines is 1. The first-order valence-corrected chi connectivity index (χ1v) is 18.6. The Bertz CT molecular complexity index is 2210. The third kappa shape index (κ3) is 8.92. The summed E-state index contributed by atoms with van der Waals surface area (Å²) in [6, 6.07) is 13.2. The minimum absolute atomic E-state index is 0.0245. The number of fused-ring (bicyclic) bond motifs is 1. The number of pyridine rings is 2. The Hall–Kier alpha value is -5.12. The first-order chi connectivity index (χ1) is 25.2. The van der Waals surface area contributed by atoms with Gasteiger partial charge in [0, 0.05) is 30.4 Å². The van der Waals surface area contributed by atoms with Gasteiger partial charge in [-0.2, -0.15) is 8.78 Å². The van der Waals surface area contributed by atoms with Crippen molar-refractivity contribution in [3.63, 3.8) is 0 Å². The van der Waals surface area contributed by atoms with Crippen molar-refractivity contribution in [2.75, 3.05) is 23.7 Å². The van der Waals surface area contributed by atoms with Crippen molar-refractivity contribution < 1.29 is 45.8 Å². The van der Waals surface area contributed by atoms with Crippen LogP contribution in [0.1, 0.15) is 49.3 Å². The highest BCUT2D eigenvalue weighted by molar-refractivity contribution is 7.92. The fraction of sp³-hybridized carbons (Fsp3) is 0.250. The topological polar surface area (TPSA) is 145 Å². The number of ether oxygens (including phenoxy) is 3. The van der Waals surface area contributed by atoms with E-state index in [9.17, 15) is 31.6 Å². The zero-order valence-electron chi connectivity index (χ0n) is 28.0. The van der Waals surface area contributed by atoms with Gasteiger partial charge in [0.05, 0.1) is 52.0 Å². The average molecular weight is 788 g/mol. The van der Waals surface area contributed by atoms with Gasteiger partial charge in [-0.15, -0.1) is 0 Å². The first kappa shape index (κ1) is 37.6. The molecular formula is C36H30Cl2F2N4O8S. The second-order valence-electron chi connectivity index (χ2n) is 12.2. The number of aryl methyl sites for hydroxylation is 1. The summed E-state index contributed by atoms with van der Waals surface area (Å²) in [5.74, 6) is -2.91. The SMILES string of the molecule is Cc1cccc(CN(c2ccc3c(c2)C(=O)N(CC(=O)O[C@@H](Cc2c(Cl)cncc2Cl)c2ccc(OC(F)F)c(OCC4C=C4)c2)C3=O)S(C)(=O)=O)n1. The van der Waals surface area contributed by atoms with E-state index in [2.05, 4.69) is 14.7 Å². The smallest absolute Gasteiger partial charge is 0.387 e. The number of hydrogen-bond donors (Lipinski definition) is 0. The molecule has 0 N–H and O–H groups in total. The molecule has 0 saturated carbocycles. The molecule has 0 bridgehead atoms. The molecule has 2 aromatic carbocycles. The third-order valence-electron chi connectivity index (χ3n) is 8.25. The van der Waals surface area contributed by atoms with Crippen LogP contribution in [0.2, 0.25) is 10.0 Å². The van der Waals surface area contributed by atoms with E-state index in [4.69, 9.17) is 32.7 Å².